The number of aliphatic hydroxyl groups is 3. The van der Waals surface area contributed by atoms with Gasteiger partial charge in [-0.25, -0.2) is 9.48 Å². The Hall–Kier alpha value is -1.65. The van der Waals surface area contributed by atoms with Crippen molar-refractivity contribution >= 4 is 5.97 Å². The lowest BCUT2D eigenvalue weighted by atomic mass is 10.0. The first-order chi connectivity index (χ1) is 9.79. The normalized spacial score (nSPS) is 13.3. The van der Waals surface area contributed by atoms with Crippen LogP contribution in [0, 0.1) is 0 Å². The molecule has 0 atom stereocenters. The number of ether oxygens (including phenoxy) is 1. The van der Waals surface area contributed by atoms with Gasteiger partial charge in [0, 0.05) is 0 Å². The third-order valence-electron chi connectivity index (χ3n) is 2.54. The number of esters is 1. The van der Waals surface area contributed by atoms with Crippen molar-refractivity contribution in [1.29, 1.82) is 0 Å². The molecule has 0 aliphatic rings. The average Bonchev–Trinajstić information content (AvgIpc) is 2.70. The second kappa shape index (κ2) is 5.86. The van der Waals surface area contributed by atoms with E-state index in [1.54, 1.807) is 0 Å². The van der Waals surface area contributed by atoms with Crippen molar-refractivity contribution < 1.29 is 38.0 Å². The number of hydrogen-bond donors (Lipinski definition) is 3. The first kappa shape index (κ1) is 18.4. The summed E-state index contributed by atoms with van der Waals surface area (Å²) in [5, 5.41) is 32.5. The van der Waals surface area contributed by atoms with Crippen LogP contribution in [-0.2, 0) is 16.8 Å². The van der Waals surface area contributed by atoms with Crippen molar-refractivity contribution in [3.63, 3.8) is 0 Å². The summed E-state index contributed by atoms with van der Waals surface area (Å²) in [4.78, 5) is 11.5. The number of carbonyl (C=O) groups is 1. The maximum atomic E-state index is 13.2. The molecule has 1 aromatic heterocycles. The molecular weight excluding hydrogens is 309 g/mol. The van der Waals surface area contributed by atoms with Crippen molar-refractivity contribution in [3.05, 3.63) is 17.5 Å². The fraction of sp³-hybridized carbons (Fsp3) is 0.667. The quantitative estimate of drug-likeness (QED) is 0.547. The predicted molar refractivity (Wildman–Crippen MR) is 66.5 cm³/mol. The molecule has 0 unspecified atom stereocenters. The zero-order chi connectivity index (χ0) is 17.3. The van der Waals surface area contributed by atoms with Crippen LogP contribution >= 0.6 is 0 Å². The minimum Gasteiger partial charge on any atom is -0.462 e. The highest BCUT2D eigenvalue weighted by atomic mass is 19.4. The van der Waals surface area contributed by atoms with Crippen LogP contribution in [0.25, 0.3) is 0 Å². The zero-order valence-electron chi connectivity index (χ0n) is 12.2. The van der Waals surface area contributed by atoms with E-state index in [4.69, 9.17) is 0 Å². The molecule has 3 N–H and O–H groups in total. The lowest BCUT2D eigenvalue weighted by molar-refractivity contribution is -0.270. The van der Waals surface area contributed by atoms with Gasteiger partial charge in [-0.05, 0) is 20.8 Å². The molecule has 0 saturated heterocycles. The molecule has 0 bridgehead atoms. The van der Waals surface area contributed by atoms with Gasteiger partial charge in [-0.3, -0.25) is 0 Å². The Morgan fingerprint density at radius 2 is 1.86 bits per heavy atom. The van der Waals surface area contributed by atoms with Crippen LogP contribution in [0.1, 0.15) is 43.2 Å². The van der Waals surface area contributed by atoms with Crippen molar-refractivity contribution in [2.45, 2.75) is 44.9 Å². The second-order valence-corrected chi connectivity index (χ2v) is 5.30. The number of nitrogens with zero attached hydrogens (tertiary/aromatic N) is 2. The first-order valence-electron chi connectivity index (χ1n) is 6.29. The van der Waals surface area contributed by atoms with Crippen LogP contribution in [0.15, 0.2) is 6.20 Å². The summed E-state index contributed by atoms with van der Waals surface area (Å²) in [7, 11) is 0. The Labute approximate surface area is 123 Å². The number of halogens is 3. The van der Waals surface area contributed by atoms with E-state index >= 15 is 0 Å². The summed E-state index contributed by atoms with van der Waals surface area (Å²) in [5.41, 5.74) is -4.31. The van der Waals surface area contributed by atoms with Crippen molar-refractivity contribution in [1.82, 2.24) is 9.78 Å². The SMILES string of the molecule is CCOC(=O)c1cnn(C(O)(O)CC(C)(C)O)c1C(F)(F)F. The number of hydrogen-bond acceptors (Lipinski definition) is 6. The Bertz CT molecular complexity index is 546. The van der Waals surface area contributed by atoms with E-state index in [0.717, 1.165) is 0 Å². The summed E-state index contributed by atoms with van der Waals surface area (Å²) in [6.07, 6.45) is -5.42. The van der Waals surface area contributed by atoms with E-state index in [1.807, 2.05) is 0 Å². The standard InChI is InChI=1S/C12H17F3N2O5/c1-4-22-9(18)7-5-16-17(8(7)12(13,14)15)11(20,21)6-10(2,3)19/h5,19-21H,4,6H2,1-3H3. The van der Waals surface area contributed by atoms with Crippen molar-refractivity contribution in [3.8, 4) is 0 Å². The molecule has 0 aliphatic heterocycles. The Morgan fingerprint density at radius 1 is 1.32 bits per heavy atom. The molecule has 1 rings (SSSR count). The monoisotopic (exact) mass is 326 g/mol. The molecule has 0 amide bonds. The average molecular weight is 326 g/mol. The molecular formula is C12H17F3N2O5. The molecule has 126 valence electrons. The molecule has 0 spiro atoms. The van der Waals surface area contributed by atoms with Gasteiger partial charge >= 0.3 is 12.1 Å². The lowest BCUT2D eigenvalue weighted by Gasteiger charge is -2.30. The largest absolute Gasteiger partial charge is 0.462 e. The molecule has 22 heavy (non-hydrogen) atoms. The van der Waals surface area contributed by atoms with Crippen LogP contribution in [0.2, 0.25) is 0 Å². The molecule has 0 aliphatic carbocycles. The molecule has 1 aromatic rings. The van der Waals surface area contributed by atoms with Gasteiger partial charge in [-0.15, -0.1) is 0 Å². The van der Waals surface area contributed by atoms with E-state index < -0.39 is 41.3 Å². The molecule has 1 heterocycles. The summed E-state index contributed by atoms with van der Waals surface area (Å²) in [6.45, 7) is 3.61. The van der Waals surface area contributed by atoms with Crippen LogP contribution in [0.4, 0.5) is 13.2 Å². The zero-order valence-corrected chi connectivity index (χ0v) is 12.2. The van der Waals surface area contributed by atoms with Gasteiger partial charge in [-0.2, -0.15) is 18.3 Å². The van der Waals surface area contributed by atoms with Gasteiger partial charge in [0.1, 0.15) is 5.56 Å². The number of rotatable bonds is 5. The minimum absolute atomic E-state index is 0.156. The van der Waals surface area contributed by atoms with Gasteiger partial charge in [0.05, 0.1) is 24.8 Å². The Balaban J connectivity index is 3.41. The van der Waals surface area contributed by atoms with E-state index in [2.05, 4.69) is 9.84 Å². The smallest absolute Gasteiger partial charge is 0.434 e. The summed E-state index contributed by atoms with van der Waals surface area (Å²) in [5.74, 6) is -4.44. The lowest BCUT2D eigenvalue weighted by Crippen LogP contribution is -2.43. The van der Waals surface area contributed by atoms with Gasteiger partial charge < -0.3 is 20.1 Å². The summed E-state index contributed by atoms with van der Waals surface area (Å²) < 4.78 is 43.8. The van der Waals surface area contributed by atoms with Crippen LogP contribution in [0.5, 0.6) is 0 Å². The van der Waals surface area contributed by atoms with Crippen molar-refractivity contribution in [2.24, 2.45) is 0 Å². The number of alkyl halides is 3. The minimum atomic E-state index is -5.09. The topological polar surface area (TPSA) is 105 Å². The van der Waals surface area contributed by atoms with Crippen LogP contribution in [0.3, 0.4) is 0 Å². The second-order valence-electron chi connectivity index (χ2n) is 5.30. The van der Waals surface area contributed by atoms with Crippen molar-refractivity contribution in [2.75, 3.05) is 6.61 Å². The summed E-state index contributed by atoms with van der Waals surface area (Å²) in [6, 6.07) is 0. The predicted octanol–water partition coefficient (Wildman–Crippen LogP) is 0.835. The molecule has 0 aromatic carbocycles. The number of aromatic nitrogens is 2. The van der Waals surface area contributed by atoms with Gasteiger partial charge in [0.25, 0.3) is 5.91 Å². The molecule has 7 nitrogen and oxygen atoms in total. The van der Waals surface area contributed by atoms with E-state index in [9.17, 15) is 33.3 Å². The van der Waals surface area contributed by atoms with E-state index in [1.165, 1.54) is 20.8 Å². The molecule has 0 radical (unpaired) electrons. The highest BCUT2D eigenvalue weighted by molar-refractivity contribution is 5.90. The van der Waals surface area contributed by atoms with Gasteiger partial charge in [0.15, 0.2) is 5.69 Å². The Morgan fingerprint density at radius 3 is 2.27 bits per heavy atom. The van der Waals surface area contributed by atoms with Gasteiger partial charge in [0.2, 0.25) is 0 Å². The molecule has 0 saturated carbocycles. The third-order valence-corrected chi connectivity index (χ3v) is 2.54. The van der Waals surface area contributed by atoms with Crippen LogP contribution in [-0.4, -0.2) is 43.3 Å². The fourth-order valence-corrected chi connectivity index (χ4v) is 1.91. The number of carbonyl (C=O) groups excluding carboxylic acids is 1. The molecule has 10 heteroatoms. The maximum Gasteiger partial charge on any atom is 0.434 e. The molecule has 0 fully saturated rings. The van der Waals surface area contributed by atoms with Crippen LogP contribution < -0.4 is 0 Å². The van der Waals surface area contributed by atoms with Gasteiger partial charge in [-0.1, -0.05) is 0 Å². The maximum absolute atomic E-state index is 13.2. The highest BCUT2D eigenvalue weighted by Crippen LogP contribution is 2.36. The highest BCUT2D eigenvalue weighted by Gasteiger charge is 2.46. The fourth-order valence-electron chi connectivity index (χ4n) is 1.91. The van der Waals surface area contributed by atoms with E-state index in [0.29, 0.717) is 6.20 Å². The third kappa shape index (κ3) is 4.18. The first-order valence-corrected chi connectivity index (χ1v) is 6.29. The Kier molecular flexibility index (Phi) is 4.90. The summed E-state index contributed by atoms with van der Waals surface area (Å²) >= 11 is 0. The van der Waals surface area contributed by atoms with E-state index in [-0.39, 0.29) is 11.3 Å².